The van der Waals surface area contributed by atoms with Crippen molar-refractivity contribution in [2.75, 3.05) is 45.2 Å². The van der Waals surface area contributed by atoms with Gasteiger partial charge in [0.15, 0.2) is 0 Å². The van der Waals surface area contributed by atoms with Crippen LogP contribution in [0.25, 0.3) is 0 Å². The summed E-state index contributed by atoms with van der Waals surface area (Å²) < 4.78 is 0. The minimum absolute atomic E-state index is 0.981. The Labute approximate surface area is 99.2 Å². The Morgan fingerprint density at radius 1 is 1.27 bits per heavy atom. The van der Waals surface area contributed by atoms with E-state index in [1.165, 1.54) is 57.6 Å². The molecule has 1 fully saturated rings. The van der Waals surface area contributed by atoms with Crippen molar-refractivity contribution in [3.63, 3.8) is 0 Å². The number of thioether (sulfide) groups is 1. The first-order valence-electron chi connectivity index (χ1n) is 6.21. The molecule has 2 nitrogen and oxygen atoms in total. The van der Waals surface area contributed by atoms with Crippen molar-refractivity contribution >= 4 is 11.8 Å². The lowest BCUT2D eigenvalue weighted by atomic mass is 9.94. The van der Waals surface area contributed by atoms with Crippen molar-refractivity contribution in [2.45, 2.75) is 25.7 Å². The molecule has 1 N–H and O–H groups in total. The van der Waals surface area contributed by atoms with E-state index in [-0.39, 0.29) is 0 Å². The second-order valence-corrected chi connectivity index (χ2v) is 5.62. The van der Waals surface area contributed by atoms with Gasteiger partial charge in [-0.15, -0.1) is 0 Å². The van der Waals surface area contributed by atoms with Crippen molar-refractivity contribution in [3.05, 3.63) is 0 Å². The Kier molecular flexibility index (Phi) is 7.49. The number of hydrogen-bond acceptors (Lipinski definition) is 3. The number of rotatable bonds is 7. The SMILES string of the molecule is CSCCCNCCC1CCN(C)CC1. The predicted octanol–water partition coefficient (Wildman–Crippen LogP) is 2.06. The molecule has 0 radical (unpaired) electrons. The summed E-state index contributed by atoms with van der Waals surface area (Å²) in [7, 11) is 2.23. The highest BCUT2D eigenvalue weighted by atomic mass is 32.2. The van der Waals surface area contributed by atoms with Crippen LogP contribution in [0.3, 0.4) is 0 Å². The van der Waals surface area contributed by atoms with Crippen LogP contribution in [0.15, 0.2) is 0 Å². The molecule has 0 aromatic rings. The van der Waals surface area contributed by atoms with E-state index >= 15 is 0 Å². The van der Waals surface area contributed by atoms with Gasteiger partial charge in [-0.1, -0.05) is 0 Å². The quantitative estimate of drug-likeness (QED) is 0.674. The van der Waals surface area contributed by atoms with Crippen molar-refractivity contribution in [1.29, 1.82) is 0 Å². The van der Waals surface area contributed by atoms with Gasteiger partial charge in [-0.25, -0.2) is 0 Å². The molecule has 90 valence electrons. The van der Waals surface area contributed by atoms with Crippen LogP contribution < -0.4 is 5.32 Å². The molecule has 0 bridgehead atoms. The Morgan fingerprint density at radius 3 is 2.67 bits per heavy atom. The topological polar surface area (TPSA) is 15.3 Å². The van der Waals surface area contributed by atoms with Crippen LogP contribution >= 0.6 is 11.8 Å². The largest absolute Gasteiger partial charge is 0.317 e. The molecule has 1 aliphatic rings. The maximum absolute atomic E-state index is 3.55. The zero-order valence-corrected chi connectivity index (χ0v) is 11.1. The summed E-state index contributed by atoms with van der Waals surface area (Å²) in [4.78, 5) is 2.45. The van der Waals surface area contributed by atoms with E-state index in [0.717, 1.165) is 5.92 Å². The van der Waals surface area contributed by atoms with Gasteiger partial charge in [0.2, 0.25) is 0 Å². The minimum atomic E-state index is 0.981. The maximum atomic E-state index is 3.55. The monoisotopic (exact) mass is 230 g/mol. The van der Waals surface area contributed by atoms with Gasteiger partial charge in [0.1, 0.15) is 0 Å². The van der Waals surface area contributed by atoms with Crippen LogP contribution in [0, 0.1) is 5.92 Å². The number of likely N-dealkylation sites (tertiary alicyclic amines) is 1. The fraction of sp³-hybridized carbons (Fsp3) is 1.00. The molecule has 1 heterocycles. The standard InChI is InChI=1S/C12H26N2S/c1-14-9-5-12(6-10-14)4-8-13-7-3-11-15-2/h12-13H,3-11H2,1-2H3. The third-order valence-corrected chi connectivity index (χ3v) is 3.97. The second kappa shape index (κ2) is 8.43. The molecule has 3 heteroatoms. The zero-order valence-electron chi connectivity index (χ0n) is 10.3. The zero-order chi connectivity index (χ0) is 10.9. The molecular weight excluding hydrogens is 204 g/mol. The lowest BCUT2D eigenvalue weighted by Gasteiger charge is -2.28. The van der Waals surface area contributed by atoms with Gasteiger partial charge < -0.3 is 10.2 Å². The molecule has 15 heavy (non-hydrogen) atoms. The Hall–Kier alpha value is 0.270. The maximum Gasteiger partial charge on any atom is -0.00191 e. The molecule has 0 spiro atoms. The normalized spacial score (nSPS) is 19.6. The first kappa shape index (κ1) is 13.3. The summed E-state index contributed by atoms with van der Waals surface area (Å²) in [5.41, 5.74) is 0. The second-order valence-electron chi connectivity index (χ2n) is 4.63. The summed E-state index contributed by atoms with van der Waals surface area (Å²) in [6, 6.07) is 0. The van der Waals surface area contributed by atoms with Gasteiger partial charge in [-0.3, -0.25) is 0 Å². The molecule has 0 aromatic heterocycles. The van der Waals surface area contributed by atoms with Crippen molar-refractivity contribution in [3.8, 4) is 0 Å². The average Bonchev–Trinajstić information content (AvgIpc) is 2.26. The molecule has 1 saturated heterocycles. The molecule has 1 rings (SSSR count). The summed E-state index contributed by atoms with van der Waals surface area (Å²) >= 11 is 1.94. The fourth-order valence-electron chi connectivity index (χ4n) is 2.12. The van der Waals surface area contributed by atoms with Crippen LogP contribution in [0.1, 0.15) is 25.7 Å². The van der Waals surface area contributed by atoms with Gasteiger partial charge in [-0.05, 0) is 76.8 Å². The summed E-state index contributed by atoms with van der Waals surface area (Å²) in [5.74, 6) is 2.27. The van der Waals surface area contributed by atoms with Gasteiger partial charge >= 0.3 is 0 Å². The van der Waals surface area contributed by atoms with Crippen LogP contribution in [-0.4, -0.2) is 50.1 Å². The van der Waals surface area contributed by atoms with Gasteiger partial charge in [0, 0.05) is 0 Å². The van der Waals surface area contributed by atoms with Gasteiger partial charge in [0.05, 0.1) is 0 Å². The predicted molar refractivity (Wildman–Crippen MR) is 70.7 cm³/mol. The van der Waals surface area contributed by atoms with E-state index in [9.17, 15) is 0 Å². The van der Waals surface area contributed by atoms with E-state index in [1.807, 2.05) is 11.8 Å². The van der Waals surface area contributed by atoms with Crippen LogP contribution in [0.5, 0.6) is 0 Å². The first-order valence-corrected chi connectivity index (χ1v) is 7.60. The minimum Gasteiger partial charge on any atom is -0.317 e. The number of nitrogens with one attached hydrogen (secondary N) is 1. The lowest BCUT2D eigenvalue weighted by Crippen LogP contribution is -2.31. The average molecular weight is 230 g/mol. The molecule has 0 saturated carbocycles. The number of piperidine rings is 1. The summed E-state index contributed by atoms with van der Waals surface area (Å²) in [6.07, 6.45) is 7.69. The Bertz CT molecular complexity index is 145. The molecule has 0 unspecified atom stereocenters. The molecule has 1 aliphatic heterocycles. The smallest absolute Gasteiger partial charge is 0.00191 e. The molecule has 0 atom stereocenters. The number of hydrogen-bond donors (Lipinski definition) is 1. The van der Waals surface area contributed by atoms with Gasteiger partial charge in [-0.2, -0.15) is 11.8 Å². The fourth-order valence-corrected chi connectivity index (χ4v) is 2.56. The summed E-state index contributed by atoms with van der Waals surface area (Å²) in [6.45, 7) is 5.03. The summed E-state index contributed by atoms with van der Waals surface area (Å²) in [5, 5.41) is 3.55. The highest BCUT2D eigenvalue weighted by Gasteiger charge is 2.15. The van der Waals surface area contributed by atoms with E-state index in [1.54, 1.807) is 0 Å². The Balaban J connectivity index is 1.87. The van der Waals surface area contributed by atoms with Gasteiger partial charge in [0.25, 0.3) is 0 Å². The van der Waals surface area contributed by atoms with E-state index in [0.29, 0.717) is 0 Å². The van der Waals surface area contributed by atoms with E-state index < -0.39 is 0 Å². The van der Waals surface area contributed by atoms with E-state index in [2.05, 4.69) is 23.5 Å². The first-order chi connectivity index (χ1) is 7.33. The number of nitrogens with zero attached hydrogens (tertiary/aromatic N) is 1. The van der Waals surface area contributed by atoms with Crippen LogP contribution in [-0.2, 0) is 0 Å². The molecule has 0 aliphatic carbocycles. The lowest BCUT2D eigenvalue weighted by molar-refractivity contribution is 0.212. The Morgan fingerprint density at radius 2 is 2.00 bits per heavy atom. The highest BCUT2D eigenvalue weighted by molar-refractivity contribution is 7.98. The highest BCUT2D eigenvalue weighted by Crippen LogP contribution is 2.18. The van der Waals surface area contributed by atoms with E-state index in [4.69, 9.17) is 0 Å². The van der Waals surface area contributed by atoms with Crippen molar-refractivity contribution < 1.29 is 0 Å². The molecular formula is C12H26N2S. The molecule has 0 amide bonds. The third-order valence-electron chi connectivity index (χ3n) is 3.27. The van der Waals surface area contributed by atoms with Crippen molar-refractivity contribution in [2.24, 2.45) is 5.92 Å². The molecule has 0 aromatic carbocycles. The van der Waals surface area contributed by atoms with Crippen molar-refractivity contribution in [1.82, 2.24) is 10.2 Å². The van der Waals surface area contributed by atoms with Crippen LogP contribution in [0.4, 0.5) is 0 Å². The third kappa shape index (κ3) is 6.44. The van der Waals surface area contributed by atoms with Crippen LogP contribution in [0.2, 0.25) is 0 Å².